The second-order valence-electron chi connectivity index (χ2n) is 7.70. The number of amides is 3. The first-order valence-electron chi connectivity index (χ1n) is 10.6. The van der Waals surface area contributed by atoms with E-state index in [1.807, 2.05) is 4.90 Å². The quantitative estimate of drug-likeness (QED) is 0.410. The molecule has 0 bridgehead atoms. The molecule has 3 heterocycles. The van der Waals surface area contributed by atoms with Gasteiger partial charge in [0.05, 0.1) is 16.9 Å². The van der Waals surface area contributed by atoms with Crippen LogP contribution in [0, 0.1) is 0 Å². The van der Waals surface area contributed by atoms with Gasteiger partial charge in [0.15, 0.2) is 0 Å². The average Bonchev–Trinajstić information content (AvgIpc) is 3.07. The number of aromatic nitrogens is 2. The lowest BCUT2D eigenvalue weighted by molar-refractivity contribution is -0.121. The van der Waals surface area contributed by atoms with Crippen LogP contribution in [0.4, 0.5) is 5.95 Å². The number of carbonyl (C=O) groups excluding carboxylic acids is 3. The molecule has 1 saturated heterocycles. The van der Waals surface area contributed by atoms with Gasteiger partial charge in [-0.15, -0.1) is 0 Å². The molecular formula is C21H24N6O5S. The topological polar surface area (TPSA) is 133 Å². The van der Waals surface area contributed by atoms with Crippen LogP contribution in [0.15, 0.2) is 42.7 Å². The minimum Gasteiger partial charge on any atom is -0.355 e. The van der Waals surface area contributed by atoms with Gasteiger partial charge in [-0.05, 0) is 24.6 Å². The Morgan fingerprint density at radius 1 is 0.939 bits per heavy atom. The molecule has 2 aliphatic rings. The molecule has 0 unspecified atom stereocenters. The number of anilines is 1. The predicted molar refractivity (Wildman–Crippen MR) is 119 cm³/mol. The summed E-state index contributed by atoms with van der Waals surface area (Å²) in [6, 6.07) is 8.13. The Morgan fingerprint density at radius 3 is 2.15 bits per heavy atom. The first-order chi connectivity index (χ1) is 15.9. The third-order valence-corrected chi connectivity index (χ3v) is 7.50. The summed E-state index contributed by atoms with van der Waals surface area (Å²) in [6.07, 6.45) is 3.51. The van der Waals surface area contributed by atoms with E-state index in [0.29, 0.717) is 32.1 Å². The van der Waals surface area contributed by atoms with Crippen molar-refractivity contribution in [3.8, 4) is 0 Å². The minimum atomic E-state index is -3.47. The van der Waals surface area contributed by atoms with Crippen LogP contribution in [-0.4, -0.2) is 90.3 Å². The average molecular weight is 473 g/mol. The lowest BCUT2D eigenvalue weighted by atomic mass is 10.1. The smallest absolute Gasteiger partial charge is 0.262 e. The number of imide groups is 1. The number of nitrogens with zero attached hydrogens (tertiary/aromatic N) is 5. The third-order valence-electron chi connectivity index (χ3n) is 5.55. The Hall–Kier alpha value is -3.38. The number of hydrogen-bond donors (Lipinski definition) is 1. The van der Waals surface area contributed by atoms with Crippen LogP contribution < -0.4 is 10.2 Å². The SMILES string of the molecule is O=C(CN1C(=O)c2ccccc2C1=O)NCCCS(=O)(=O)N1CCN(c2ncccn2)CC1. The summed E-state index contributed by atoms with van der Waals surface area (Å²) >= 11 is 0. The van der Waals surface area contributed by atoms with E-state index in [9.17, 15) is 22.8 Å². The molecule has 3 amide bonds. The van der Waals surface area contributed by atoms with E-state index in [2.05, 4.69) is 15.3 Å². The minimum absolute atomic E-state index is 0.109. The number of rotatable bonds is 8. The molecule has 1 N–H and O–H groups in total. The van der Waals surface area contributed by atoms with Gasteiger partial charge in [0, 0.05) is 45.1 Å². The summed E-state index contributed by atoms with van der Waals surface area (Å²) in [5.41, 5.74) is 0.556. The van der Waals surface area contributed by atoms with Crippen molar-refractivity contribution < 1.29 is 22.8 Å². The van der Waals surface area contributed by atoms with Crippen LogP contribution >= 0.6 is 0 Å². The summed E-state index contributed by atoms with van der Waals surface area (Å²) < 4.78 is 26.7. The summed E-state index contributed by atoms with van der Waals surface area (Å²) in [5.74, 6) is -1.06. The second kappa shape index (κ2) is 9.63. The first-order valence-corrected chi connectivity index (χ1v) is 12.2. The standard InChI is InChI=1S/C21H24N6O5S/c28-18(15-27-19(29)16-5-1-2-6-17(16)20(27)30)22-9-4-14-33(31,32)26-12-10-25(11-13-26)21-23-7-3-8-24-21/h1-3,5-8H,4,9-15H2,(H,22,28). The molecule has 2 aromatic rings. The molecule has 33 heavy (non-hydrogen) atoms. The number of piperazine rings is 1. The van der Waals surface area contributed by atoms with Crippen molar-refractivity contribution in [1.82, 2.24) is 24.5 Å². The summed E-state index contributed by atoms with van der Waals surface area (Å²) in [7, 11) is -3.47. The molecular weight excluding hydrogens is 448 g/mol. The van der Waals surface area contributed by atoms with Crippen molar-refractivity contribution in [3.05, 3.63) is 53.9 Å². The van der Waals surface area contributed by atoms with E-state index in [0.717, 1.165) is 4.90 Å². The van der Waals surface area contributed by atoms with Crippen LogP contribution in [0.5, 0.6) is 0 Å². The first kappa shape index (κ1) is 22.8. The molecule has 0 saturated carbocycles. The zero-order valence-electron chi connectivity index (χ0n) is 17.9. The van der Waals surface area contributed by atoms with Crippen molar-refractivity contribution in [3.63, 3.8) is 0 Å². The predicted octanol–water partition coefficient (Wildman–Crippen LogP) is -0.269. The van der Waals surface area contributed by atoms with Crippen molar-refractivity contribution in [2.45, 2.75) is 6.42 Å². The van der Waals surface area contributed by atoms with Gasteiger partial charge in [0.2, 0.25) is 21.9 Å². The fourth-order valence-corrected chi connectivity index (χ4v) is 5.30. The highest BCUT2D eigenvalue weighted by atomic mass is 32.2. The van der Waals surface area contributed by atoms with Crippen molar-refractivity contribution >= 4 is 33.7 Å². The number of hydrogen-bond acceptors (Lipinski definition) is 8. The van der Waals surface area contributed by atoms with Gasteiger partial charge < -0.3 is 10.2 Å². The fraction of sp³-hybridized carbons (Fsp3) is 0.381. The van der Waals surface area contributed by atoms with Gasteiger partial charge in [-0.3, -0.25) is 19.3 Å². The monoisotopic (exact) mass is 472 g/mol. The molecule has 11 nitrogen and oxygen atoms in total. The molecule has 1 fully saturated rings. The van der Waals surface area contributed by atoms with E-state index in [1.165, 1.54) is 4.31 Å². The van der Waals surface area contributed by atoms with Crippen LogP contribution in [0.1, 0.15) is 27.1 Å². The maximum atomic E-state index is 12.6. The van der Waals surface area contributed by atoms with Crippen LogP contribution in [-0.2, 0) is 14.8 Å². The highest BCUT2D eigenvalue weighted by molar-refractivity contribution is 7.89. The summed E-state index contributed by atoms with van der Waals surface area (Å²) in [5, 5.41) is 2.59. The Balaban J connectivity index is 1.19. The van der Waals surface area contributed by atoms with E-state index in [4.69, 9.17) is 0 Å². The Bertz CT molecular complexity index is 1110. The zero-order chi connectivity index (χ0) is 23.4. The summed E-state index contributed by atoms with van der Waals surface area (Å²) in [6.45, 7) is 1.40. The van der Waals surface area contributed by atoms with Gasteiger partial charge in [-0.25, -0.2) is 18.4 Å². The molecule has 0 spiro atoms. The number of carbonyl (C=O) groups is 3. The van der Waals surface area contributed by atoms with Gasteiger partial charge in [0.1, 0.15) is 6.54 Å². The number of nitrogens with one attached hydrogen (secondary N) is 1. The van der Waals surface area contributed by atoms with E-state index >= 15 is 0 Å². The Morgan fingerprint density at radius 2 is 1.55 bits per heavy atom. The van der Waals surface area contributed by atoms with Gasteiger partial charge in [0.25, 0.3) is 11.8 Å². The molecule has 1 aromatic heterocycles. The highest BCUT2D eigenvalue weighted by Gasteiger charge is 2.36. The second-order valence-corrected chi connectivity index (χ2v) is 9.78. The number of fused-ring (bicyclic) bond motifs is 1. The van der Waals surface area contributed by atoms with Crippen molar-refractivity contribution in [2.24, 2.45) is 0 Å². The van der Waals surface area contributed by atoms with E-state index in [-0.39, 0.29) is 29.8 Å². The molecule has 2 aliphatic heterocycles. The Labute approximate surface area is 191 Å². The highest BCUT2D eigenvalue weighted by Crippen LogP contribution is 2.21. The third kappa shape index (κ3) is 5.01. The van der Waals surface area contributed by atoms with Gasteiger partial charge in [-0.2, -0.15) is 4.31 Å². The molecule has 12 heteroatoms. The normalized spacial score (nSPS) is 16.7. The summed E-state index contributed by atoms with van der Waals surface area (Å²) in [4.78, 5) is 48.1. The van der Waals surface area contributed by atoms with Gasteiger partial charge >= 0.3 is 0 Å². The van der Waals surface area contributed by atoms with Gasteiger partial charge in [-0.1, -0.05) is 12.1 Å². The van der Waals surface area contributed by atoms with Crippen LogP contribution in [0.2, 0.25) is 0 Å². The van der Waals surface area contributed by atoms with E-state index in [1.54, 1.807) is 42.7 Å². The molecule has 1 aromatic carbocycles. The molecule has 4 rings (SSSR count). The number of benzene rings is 1. The lowest BCUT2D eigenvalue weighted by Gasteiger charge is -2.33. The van der Waals surface area contributed by atoms with E-state index < -0.39 is 34.3 Å². The number of sulfonamides is 1. The molecule has 0 radical (unpaired) electrons. The molecule has 0 aliphatic carbocycles. The van der Waals surface area contributed by atoms with Crippen molar-refractivity contribution in [1.29, 1.82) is 0 Å². The van der Waals surface area contributed by atoms with Crippen LogP contribution in [0.3, 0.4) is 0 Å². The largest absolute Gasteiger partial charge is 0.355 e. The van der Waals surface area contributed by atoms with Crippen LogP contribution in [0.25, 0.3) is 0 Å². The lowest BCUT2D eigenvalue weighted by Crippen LogP contribution is -2.50. The fourth-order valence-electron chi connectivity index (χ4n) is 3.81. The zero-order valence-corrected chi connectivity index (χ0v) is 18.7. The maximum Gasteiger partial charge on any atom is 0.262 e. The van der Waals surface area contributed by atoms with Crippen molar-refractivity contribution in [2.75, 3.05) is 49.9 Å². The Kier molecular flexibility index (Phi) is 6.65. The molecule has 174 valence electrons. The maximum absolute atomic E-state index is 12.6. The molecule has 0 atom stereocenters.